The molecule has 4 nitrogen and oxygen atoms in total. The summed E-state index contributed by atoms with van der Waals surface area (Å²) in [4.78, 5) is 8.30. The summed E-state index contributed by atoms with van der Waals surface area (Å²) >= 11 is 1.85. The van der Waals surface area contributed by atoms with Gasteiger partial charge >= 0.3 is 0 Å². The van der Waals surface area contributed by atoms with Crippen LogP contribution in [-0.2, 0) is 6.54 Å². The Morgan fingerprint density at radius 1 is 1.47 bits per heavy atom. The predicted molar refractivity (Wildman–Crippen MR) is 63.1 cm³/mol. The van der Waals surface area contributed by atoms with Crippen LogP contribution in [0.15, 0.2) is 24.8 Å². The second-order valence-corrected chi connectivity index (χ2v) is 4.21. The number of thioether (sulfide) groups is 1. The lowest BCUT2D eigenvalue weighted by Crippen LogP contribution is -2.17. The molecule has 0 fully saturated rings. The van der Waals surface area contributed by atoms with Gasteiger partial charge in [-0.15, -0.1) is 0 Å². The number of hydrogen-bond acceptors (Lipinski definition) is 4. The van der Waals surface area contributed by atoms with Crippen LogP contribution in [0.3, 0.4) is 0 Å². The van der Waals surface area contributed by atoms with Gasteiger partial charge < -0.3 is 5.32 Å². The van der Waals surface area contributed by atoms with E-state index in [0.717, 1.165) is 24.5 Å². The van der Waals surface area contributed by atoms with Crippen LogP contribution in [0.1, 0.15) is 5.69 Å². The monoisotopic (exact) mass is 222 g/mol. The quantitative estimate of drug-likeness (QED) is 0.771. The van der Waals surface area contributed by atoms with Crippen LogP contribution >= 0.6 is 11.8 Å². The molecule has 2 aromatic heterocycles. The van der Waals surface area contributed by atoms with Crippen molar-refractivity contribution in [1.29, 1.82) is 0 Å². The number of aromatic nitrogens is 3. The summed E-state index contributed by atoms with van der Waals surface area (Å²) in [5, 5.41) is 3.38. The molecule has 1 N–H and O–H groups in total. The van der Waals surface area contributed by atoms with Gasteiger partial charge in [-0.1, -0.05) is 0 Å². The Balaban J connectivity index is 2.02. The molecule has 2 heterocycles. The number of fused-ring (bicyclic) bond motifs is 1. The third-order valence-electron chi connectivity index (χ3n) is 2.18. The van der Waals surface area contributed by atoms with Gasteiger partial charge in [0, 0.05) is 31.2 Å². The molecule has 0 spiro atoms. The second-order valence-electron chi connectivity index (χ2n) is 3.22. The molecule has 2 aromatic rings. The van der Waals surface area contributed by atoms with Crippen LogP contribution in [-0.4, -0.2) is 32.9 Å². The van der Waals surface area contributed by atoms with E-state index in [-0.39, 0.29) is 0 Å². The summed E-state index contributed by atoms with van der Waals surface area (Å²) in [7, 11) is 0. The predicted octanol–water partition coefficient (Wildman–Crippen LogP) is 1.18. The van der Waals surface area contributed by atoms with Gasteiger partial charge in [0.15, 0.2) is 5.65 Å². The van der Waals surface area contributed by atoms with Crippen molar-refractivity contribution in [3.63, 3.8) is 0 Å². The highest BCUT2D eigenvalue weighted by atomic mass is 32.2. The molecule has 0 aliphatic rings. The fraction of sp³-hybridized carbons (Fsp3) is 0.400. The van der Waals surface area contributed by atoms with E-state index in [4.69, 9.17) is 0 Å². The van der Waals surface area contributed by atoms with Gasteiger partial charge in [0.1, 0.15) is 0 Å². The number of hydrogen-bond donors (Lipinski definition) is 1. The zero-order valence-electron chi connectivity index (χ0n) is 8.68. The summed E-state index contributed by atoms with van der Waals surface area (Å²) in [5.41, 5.74) is 2.08. The summed E-state index contributed by atoms with van der Waals surface area (Å²) in [6, 6.07) is 0. The van der Waals surface area contributed by atoms with Gasteiger partial charge in [-0.05, 0) is 6.26 Å². The van der Waals surface area contributed by atoms with Crippen LogP contribution in [0, 0.1) is 0 Å². The summed E-state index contributed by atoms with van der Waals surface area (Å²) < 4.78 is 2.05. The molecule has 15 heavy (non-hydrogen) atoms. The van der Waals surface area contributed by atoms with E-state index in [2.05, 4.69) is 25.9 Å². The van der Waals surface area contributed by atoms with E-state index >= 15 is 0 Å². The molecule has 0 saturated carbocycles. The number of nitrogens with zero attached hydrogens (tertiary/aromatic N) is 3. The summed E-state index contributed by atoms with van der Waals surface area (Å²) in [6.07, 6.45) is 9.49. The lowest BCUT2D eigenvalue weighted by atomic mass is 10.4. The Bertz CT molecular complexity index is 426. The van der Waals surface area contributed by atoms with E-state index in [1.54, 1.807) is 12.4 Å². The van der Waals surface area contributed by atoms with Crippen LogP contribution in [0.25, 0.3) is 5.65 Å². The minimum absolute atomic E-state index is 0.853. The second kappa shape index (κ2) is 5.14. The molecule has 0 unspecified atom stereocenters. The Morgan fingerprint density at radius 2 is 2.40 bits per heavy atom. The van der Waals surface area contributed by atoms with Gasteiger partial charge in [0.25, 0.3) is 0 Å². The third kappa shape index (κ3) is 2.49. The lowest BCUT2D eigenvalue weighted by Gasteiger charge is -2.03. The van der Waals surface area contributed by atoms with Crippen molar-refractivity contribution in [2.45, 2.75) is 6.54 Å². The van der Waals surface area contributed by atoms with Gasteiger partial charge in [0.2, 0.25) is 0 Å². The maximum atomic E-state index is 4.27. The van der Waals surface area contributed by atoms with Crippen molar-refractivity contribution in [2.24, 2.45) is 0 Å². The van der Waals surface area contributed by atoms with Crippen LogP contribution in [0.2, 0.25) is 0 Å². The maximum Gasteiger partial charge on any atom is 0.155 e. The van der Waals surface area contributed by atoms with Crippen LogP contribution in [0.4, 0.5) is 0 Å². The van der Waals surface area contributed by atoms with Crippen molar-refractivity contribution >= 4 is 17.4 Å². The fourth-order valence-corrected chi connectivity index (χ4v) is 1.76. The molecular formula is C10H14N4S. The van der Waals surface area contributed by atoms with Crippen molar-refractivity contribution in [3.8, 4) is 0 Å². The van der Waals surface area contributed by atoms with Gasteiger partial charge in [-0.25, -0.2) is 4.98 Å². The van der Waals surface area contributed by atoms with E-state index in [0.29, 0.717) is 0 Å². The molecule has 0 atom stereocenters. The molecule has 80 valence electrons. The van der Waals surface area contributed by atoms with Gasteiger partial charge in [0.05, 0.1) is 18.1 Å². The third-order valence-corrected chi connectivity index (χ3v) is 2.80. The molecular weight excluding hydrogens is 208 g/mol. The largest absolute Gasteiger partial charge is 0.310 e. The van der Waals surface area contributed by atoms with E-state index in [1.807, 2.05) is 24.2 Å². The molecule has 0 amide bonds. The number of nitrogens with one attached hydrogen (secondary N) is 1. The Kier molecular flexibility index (Phi) is 3.58. The molecule has 0 radical (unpaired) electrons. The van der Waals surface area contributed by atoms with Crippen molar-refractivity contribution in [1.82, 2.24) is 19.7 Å². The van der Waals surface area contributed by atoms with E-state index < -0.39 is 0 Å². The van der Waals surface area contributed by atoms with Crippen molar-refractivity contribution in [3.05, 3.63) is 30.5 Å². The Hall–Kier alpha value is -1.07. The SMILES string of the molecule is CSCCNCc1cnc2cnccn12. The van der Waals surface area contributed by atoms with Crippen molar-refractivity contribution in [2.75, 3.05) is 18.6 Å². The minimum Gasteiger partial charge on any atom is -0.310 e. The smallest absolute Gasteiger partial charge is 0.155 e. The Morgan fingerprint density at radius 3 is 3.27 bits per heavy atom. The van der Waals surface area contributed by atoms with E-state index in [9.17, 15) is 0 Å². The highest BCUT2D eigenvalue weighted by Crippen LogP contribution is 2.03. The Labute approximate surface area is 93.1 Å². The van der Waals surface area contributed by atoms with Gasteiger partial charge in [-0.2, -0.15) is 11.8 Å². The topological polar surface area (TPSA) is 42.2 Å². The first-order valence-corrected chi connectivity index (χ1v) is 6.27. The molecule has 5 heteroatoms. The van der Waals surface area contributed by atoms with Gasteiger partial charge in [-0.3, -0.25) is 9.38 Å². The molecule has 0 aliphatic heterocycles. The molecule has 2 rings (SSSR count). The van der Waals surface area contributed by atoms with Crippen LogP contribution < -0.4 is 5.32 Å². The first-order chi connectivity index (χ1) is 7.42. The fourth-order valence-electron chi connectivity index (χ4n) is 1.42. The first kappa shape index (κ1) is 10.4. The first-order valence-electron chi connectivity index (χ1n) is 4.87. The molecule has 0 saturated heterocycles. The van der Waals surface area contributed by atoms with Crippen molar-refractivity contribution < 1.29 is 0 Å². The average molecular weight is 222 g/mol. The number of rotatable bonds is 5. The zero-order chi connectivity index (χ0) is 10.5. The highest BCUT2D eigenvalue weighted by Gasteiger charge is 2.00. The standard InChI is InChI=1S/C10H14N4S/c1-15-5-3-12-6-9-7-13-10-8-11-2-4-14(9)10/h2,4,7-8,12H,3,5-6H2,1H3. The normalized spacial score (nSPS) is 11.0. The molecule has 0 bridgehead atoms. The summed E-state index contributed by atoms with van der Waals surface area (Å²) in [5.74, 6) is 1.14. The minimum atomic E-state index is 0.853. The maximum absolute atomic E-state index is 4.27. The highest BCUT2D eigenvalue weighted by molar-refractivity contribution is 7.98. The zero-order valence-corrected chi connectivity index (χ0v) is 9.50. The summed E-state index contributed by atoms with van der Waals surface area (Å²) in [6.45, 7) is 1.88. The molecule has 0 aromatic carbocycles. The molecule has 0 aliphatic carbocycles. The lowest BCUT2D eigenvalue weighted by molar-refractivity contribution is 0.710. The number of imidazole rings is 1. The van der Waals surface area contributed by atoms with Crippen LogP contribution in [0.5, 0.6) is 0 Å². The average Bonchev–Trinajstić information content (AvgIpc) is 2.68. The van der Waals surface area contributed by atoms with E-state index in [1.165, 1.54) is 5.69 Å².